The molecule has 0 bridgehead atoms. The van der Waals surface area contributed by atoms with Crippen molar-refractivity contribution in [3.05, 3.63) is 47.8 Å². The highest BCUT2D eigenvalue weighted by Gasteiger charge is 2.35. The van der Waals surface area contributed by atoms with Crippen molar-refractivity contribution in [3.63, 3.8) is 0 Å². The number of likely N-dealkylation sites (tertiary alicyclic amines) is 1. The second kappa shape index (κ2) is 7.68. The monoisotopic (exact) mass is 372 g/mol. The van der Waals surface area contributed by atoms with Crippen LogP contribution in [0.1, 0.15) is 57.3 Å². The number of piperidine rings is 1. The quantitative estimate of drug-likeness (QED) is 0.896. The molecule has 1 aliphatic rings. The first kappa shape index (κ1) is 19.4. The van der Waals surface area contributed by atoms with E-state index in [1.54, 1.807) is 11.1 Å². The van der Waals surface area contributed by atoms with Gasteiger partial charge in [-0.15, -0.1) is 5.10 Å². The highest BCUT2D eigenvalue weighted by Crippen LogP contribution is 2.31. The molecule has 1 aromatic carbocycles. The summed E-state index contributed by atoms with van der Waals surface area (Å²) in [4.78, 5) is 13.8. The molecule has 27 heavy (non-hydrogen) atoms. The summed E-state index contributed by atoms with van der Waals surface area (Å²) in [5.41, 5.74) is 1.47. The molecular formula is C20H28N4O3. The van der Waals surface area contributed by atoms with Gasteiger partial charge < -0.3 is 14.7 Å². The van der Waals surface area contributed by atoms with Gasteiger partial charge >= 0.3 is 6.09 Å². The average Bonchev–Trinajstić information content (AvgIpc) is 3.09. The van der Waals surface area contributed by atoms with E-state index >= 15 is 0 Å². The lowest BCUT2D eigenvalue weighted by atomic mass is 9.90. The van der Waals surface area contributed by atoms with Crippen LogP contribution >= 0.6 is 0 Å². The van der Waals surface area contributed by atoms with Crippen LogP contribution in [-0.4, -0.2) is 55.9 Å². The van der Waals surface area contributed by atoms with Crippen LogP contribution in [0.4, 0.5) is 4.79 Å². The fourth-order valence-electron chi connectivity index (χ4n) is 3.46. The summed E-state index contributed by atoms with van der Waals surface area (Å²) < 4.78 is 7.28. The third kappa shape index (κ3) is 4.47. The number of hydrogen-bond acceptors (Lipinski definition) is 5. The lowest BCUT2D eigenvalue weighted by Crippen LogP contribution is -2.47. The van der Waals surface area contributed by atoms with Gasteiger partial charge in [0.2, 0.25) is 0 Å². The summed E-state index contributed by atoms with van der Waals surface area (Å²) >= 11 is 0. The zero-order chi connectivity index (χ0) is 19.6. The van der Waals surface area contributed by atoms with Crippen LogP contribution in [-0.2, 0) is 4.74 Å². The molecule has 2 heterocycles. The van der Waals surface area contributed by atoms with Gasteiger partial charge in [-0.05, 0) is 39.7 Å². The number of aliphatic hydroxyl groups is 1. The second-order valence-corrected chi connectivity index (χ2v) is 8.08. The van der Waals surface area contributed by atoms with Crippen LogP contribution in [0.2, 0.25) is 0 Å². The molecule has 0 spiro atoms. The molecular weight excluding hydrogens is 344 g/mol. The molecule has 7 heteroatoms. The Morgan fingerprint density at radius 1 is 1.30 bits per heavy atom. The number of hydrogen-bond donors (Lipinski definition) is 1. The van der Waals surface area contributed by atoms with Gasteiger partial charge in [-0.25, -0.2) is 9.48 Å². The van der Waals surface area contributed by atoms with Crippen molar-refractivity contribution in [2.24, 2.45) is 0 Å². The van der Waals surface area contributed by atoms with E-state index < -0.39 is 11.7 Å². The first-order valence-electron chi connectivity index (χ1n) is 9.37. The van der Waals surface area contributed by atoms with E-state index in [4.69, 9.17) is 4.74 Å². The van der Waals surface area contributed by atoms with Crippen molar-refractivity contribution >= 4 is 6.09 Å². The molecule has 146 valence electrons. The van der Waals surface area contributed by atoms with Crippen LogP contribution in [0.25, 0.3) is 0 Å². The van der Waals surface area contributed by atoms with Gasteiger partial charge in [0.25, 0.3) is 0 Å². The number of β-amino-alcohol motifs (C(OH)–C–C–N with tert-alkyl or cyclic N) is 1. The van der Waals surface area contributed by atoms with E-state index in [1.807, 2.05) is 43.7 Å². The Morgan fingerprint density at radius 2 is 2.00 bits per heavy atom. The first-order chi connectivity index (χ1) is 12.8. The lowest BCUT2D eigenvalue weighted by molar-refractivity contribution is -0.00237. The number of benzene rings is 1. The Labute approximate surface area is 159 Å². The van der Waals surface area contributed by atoms with Gasteiger partial charge in [0, 0.05) is 12.5 Å². The number of carbonyl (C=O) groups excluding carboxylic acids is 1. The second-order valence-electron chi connectivity index (χ2n) is 8.08. The van der Waals surface area contributed by atoms with Gasteiger partial charge in [0.15, 0.2) is 0 Å². The van der Waals surface area contributed by atoms with Gasteiger partial charge in [0.1, 0.15) is 5.60 Å². The molecule has 1 saturated heterocycles. The Bertz CT molecular complexity index is 769. The van der Waals surface area contributed by atoms with Crippen molar-refractivity contribution in [3.8, 4) is 0 Å². The lowest BCUT2D eigenvalue weighted by Gasteiger charge is -2.37. The Morgan fingerprint density at radius 3 is 2.63 bits per heavy atom. The third-order valence-electron chi connectivity index (χ3n) is 4.86. The summed E-state index contributed by atoms with van der Waals surface area (Å²) in [7, 11) is 0. The summed E-state index contributed by atoms with van der Waals surface area (Å²) in [6.07, 6.45) is 1.28. The van der Waals surface area contributed by atoms with E-state index in [2.05, 4.69) is 29.4 Å². The average molecular weight is 372 g/mol. The number of nitrogens with zero attached hydrogens (tertiary/aromatic N) is 4. The number of aliphatic hydroxyl groups excluding tert-OH is 1. The smallest absolute Gasteiger partial charge is 0.410 e. The fourth-order valence-corrected chi connectivity index (χ4v) is 3.46. The number of aromatic nitrogens is 3. The van der Waals surface area contributed by atoms with Gasteiger partial charge in [-0.1, -0.05) is 35.5 Å². The van der Waals surface area contributed by atoms with E-state index in [9.17, 15) is 9.90 Å². The number of rotatable bonds is 3. The maximum Gasteiger partial charge on any atom is 0.410 e. The number of ether oxygens (including phenoxy) is 1. The van der Waals surface area contributed by atoms with E-state index in [0.29, 0.717) is 13.0 Å². The zero-order valence-corrected chi connectivity index (χ0v) is 16.4. The maximum absolute atomic E-state index is 12.3. The molecule has 1 aromatic heterocycles. The molecule has 3 rings (SSSR count). The molecule has 0 saturated carbocycles. The van der Waals surface area contributed by atoms with Crippen molar-refractivity contribution in [1.29, 1.82) is 0 Å². The molecule has 1 amide bonds. The normalized spacial score (nSPS) is 21.7. The molecule has 1 fully saturated rings. The summed E-state index contributed by atoms with van der Waals surface area (Å²) in [5.74, 6) is -0.121. The standard InChI is InChI=1S/C20H28N4O3/c1-14(15-8-6-5-7-9-15)24-17(12-21-22-24)16-10-11-23(13-18(16)25)19(26)27-20(2,3)4/h5-9,12,14,16,18,25H,10-11,13H2,1-4H3/t14?,16-,18+/m0/s1. The number of amides is 1. The van der Waals surface area contributed by atoms with Crippen molar-refractivity contribution in [2.75, 3.05) is 13.1 Å². The van der Waals surface area contributed by atoms with Gasteiger partial charge in [0.05, 0.1) is 30.6 Å². The minimum atomic E-state index is -0.688. The Balaban J connectivity index is 1.72. The minimum Gasteiger partial charge on any atom is -0.444 e. The fraction of sp³-hybridized carbons (Fsp3) is 0.550. The predicted octanol–water partition coefficient (Wildman–Crippen LogP) is 2.97. The summed E-state index contributed by atoms with van der Waals surface area (Å²) in [6, 6.07) is 10.1. The number of carbonyl (C=O) groups is 1. The Kier molecular flexibility index (Phi) is 5.51. The third-order valence-corrected chi connectivity index (χ3v) is 4.86. The molecule has 2 aromatic rings. The predicted molar refractivity (Wildman–Crippen MR) is 101 cm³/mol. The minimum absolute atomic E-state index is 0.0137. The first-order valence-corrected chi connectivity index (χ1v) is 9.37. The molecule has 1 unspecified atom stereocenters. The van der Waals surface area contributed by atoms with Crippen LogP contribution in [0.5, 0.6) is 0 Å². The molecule has 0 aliphatic carbocycles. The molecule has 1 N–H and O–H groups in total. The van der Waals surface area contributed by atoms with Crippen molar-refractivity contribution < 1.29 is 14.6 Å². The van der Waals surface area contributed by atoms with Crippen molar-refractivity contribution in [1.82, 2.24) is 19.9 Å². The van der Waals surface area contributed by atoms with Crippen LogP contribution in [0.3, 0.4) is 0 Å². The van der Waals surface area contributed by atoms with Gasteiger partial charge in [-0.2, -0.15) is 0 Å². The van der Waals surface area contributed by atoms with Crippen molar-refractivity contribution in [2.45, 2.75) is 57.8 Å². The van der Waals surface area contributed by atoms with E-state index in [-0.39, 0.29) is 24.6 Å². The van der Waals surface area contributed by atoms with Crippen LogP contribution in [0, 0.1) is 0 Å². The largest absolute Gasteiger partial charge is 0.444 e. The Hall–Kier alpha value is -2.41. The molecule has 3 atom stereocenters. The molecule has 0 radical (unpaired) electrons. The highest BCUT2D eigenvalue weighted by atomic mass is 16.6. The van der Waals surface area contributed by atoms with Crippen LogP contribution in [0.15, 0.2) is 36.5 Å². The topological polar surface area (TPSA) is 80.5 Å². The highest BCUT2D eigenvalue weighted by molar-refractivity contribution is 5.68. The SMILES string of the molecule is CC(c1ccccc1)n1nncc1[C@@H]1CCN(C(=O)OC(C)(C)C)C[C@H]1O. The van der Waals surface area contributed by atoms with E-state index in [1.165, 1.54) is 0 Å². The molecule has 1 aliphatic heterocycles. The summed E-state index contributed by atoms with van der Waals surface area (Å²) in [6.45, 7) is 8.34. The zero-order valence-electron chi connectivity index (χ0n) is 16.4. The molecule has 7 nitrogen and oxygen atoms in total. The van der Waals surface area contributed by atoms with Gasteiger partial charge in [-0.3, -0.25) is 0 Å². The van der Waals surface area contributed by atoms with Crippen LogP contribution < -0.4 is 0 Å². The van der Waals surface area contributed by atoms with E-state index in [0.717, 1.165) is 11.3 Å². The maximum atomic E-state index is 12.3. The summed E-state index contributed by atoms with van der Waals surface area (Å²) in [5, 5.41) is 19.0.